The van der Waals surface area contributed by atoms with Gasteiger partial charge in [0.05, 0.1) is 28.7 Å². The Kier molecular flexibility index (Phi) is 5.60. The molecule has 1 amide bonds. The number of hydrogen-bond donors (Lipinski definition) is 1. The number of anilines is 1. The lowest BCUT2D eigenvalue weighted by Crippen LogP contribution is -2.23. The van der Waals surface area contributed by atoms with E-state index in [1.54, 1.807) is 0 Å². The molecule has 0 aliphatic heterocycles. The normalized spacial score (nSPS) is 11.0. The van der Waals surface area contributed by atoms with Crippen molar-refractivity contribution in [2.45, 2.75) is 4.90 Å². The van der Waals surface area contributed by atoms with Crippen LogP contribution in [0.2, 0.25) is 5.02 Å². The van der Waals surface area contributed by atoms with Crippen LogP contribution in [0.4, 0.5) is 11.4 Å². The Bertz CT molecular complexity index is 912. The Hall–Kier alpha value is -2.65. The van der Waals surface area contributed by atoms with E-state index < -0.39 is 26.4 Å². The summed E-state index contributed by atoms with van der Waals surface area (Å²) in [5, 5.41) is 13.5. The highest BCUT2D eigenvalue weighted by atomic mass is 35.5. The predicted octanol–water partition coefficient (Wildman–Crippen LogP) is 2.67. The molecular weight excluding hydrogens is 372 g/mol. The zero-order chi connectivity index (χ0) is 18.6. The lowest BCUT2D eigenvalue weighted by molar-refractivity contribution is -0.384. The number of halogens is 1. The van der Waals surface area contributed by atoms with Crippen LogP contribution in [0.15, 0.2) is 47.4 Å². The zero-order valence-corrected chi connectivity index (χ0v) is 14.5. The first-order valence-corrected chi connectivity index (χ1v) is 8.86. The smallest absolute Gasteiger partial charge is 0.273 e. The molecule has 0 spiro atoms. The number of carbonyl (C=O) groups is 1. The first-order chi connectivity index (χ1) is 11.7. The molecule has 0 radical (unpaired) electrons. The van der Waals surface area contributed by atoms with Gasteiger partial charge < -0.3 is 10.1 Å². The summed E-state index contributed by atoms with van der Waals surface area (Å²) in [6, 6.07) is 8.99. The molecule has 0 atom stereocenters. The van der Waals surface area contributed by atoms with Crippen molar-refractivity contribution in [1.82, 2.24) is 0 Å². The number of nitrogens with one attached hydrogen (secondary N) is 1. The molecule has 25 heavy (non-hydrogen) atoms. The van der Waals surface area contributed by atoms with Crippen LogP contribution in [0.1, 0.15) is 0 Å². The summed E-state index contributed by atoms with van der Waals surface area (Å²) >= 11 is 5.71. The van der Waals surface area contributed by atoms with Crippen LogP contribution in [0, 0.1) is 10.1 Å². The summed E-state index contributed by atoms with van der Waals surface area (Å²) in [5.41, 5.74) is -0.0898. The Balaban J connectivity index is 2.17. The molecule has 0 saturated carbocycles. The predicted molar refractivity (Wildman–Crippen MR) is 91.8 cm³/mol. The number of ether oxygens (including phenoxy) is 1. The third-order valence-electron chi connectivity index (χ3n) is 3.16. The molecule has 0 aromatic heterocycles. The molecular formula is C15H13ClN2O6S. The maximum Gasteiger partial charge on any atom is 0.273 e. The minimum absolute atomic E-state index is 0.0392. The lowest BCUT2D eigenvalue weighted by Gasteiger charge is -2.10. The average molecular weight is 385 g/mol. The van der Waals surface area contributed by atoms with Crippen LogP contribution in [0.25, 0.3) is 0 Å². The minimum atomic E-state index is -3.86. The van der Waals surface area contributed by atoms with E-state index in [-0.39, 0.29) is 22.0 Å². The third-order valence-corrected chi connectivity index (χ3v) is 5.05. The van der Waals surface area contributed by atoms with Crippen LogP contribution in [0.3, 0.4) is 0 Å². The van der Waals surface area contributed by atoms with Crippen LogP contribution in [-0.2, 0) is 14.6 Å². The molecule has 2 aromatic carbocycles. The first kappa shape index (κ1) is 18.7. The summed E-state index contributed by atoms with van der Waals surface area (Å²) in [7, 11) is -2.58. The molecule has 2 aromatic rings. The largest absolute Gasteiger partial charge is 0.494 e. The van der Waals surface area contributed by atoms with Crippen LogP contribution in [-0.4, -0.2) is 32.1 Å². The number of sulfone groups is 1. The van der Waals surface area contributed by atoms with Crippen molar-refractivity contribution < 1.29 is 22.9 Å². The fraction of sp³-hybridized carbons (Fsp3) is 0.133. The number of methoxy groups -OCH3 is 1. The highest BCUT2D eigenvalue weighted by Gasteiger charge is 2.21. The highest BCUT2D eigenvalue weighted by Crippen LogP contribution is 2.29. The molecule has 0 aliphatic rings. The Morgan fingerprint density at radius 1 is 1.24 bits per heavy atom. The van der Waals surface area contributed by atoms with Crippen molar-refractivity contribution in [2.75, 3.05) is 18.2 Å². The maximum absolute atomic E-state index is 12.2. The van der Waals surface area contributed by atoms with E-state index in [2.05, 4.69) is 5.32 Å². The summed E-state index contributed by atoms with van der Waals surface area (Å²) in [5.74, 6) is -1.55. The van der Waals surface area contributed by atoms with E-state index in [0.717, 1.165) is 6.07 Å². The molecule has 10 heteroatoms. The second-order valence-electron chi connectivity index (χ2n) is 4.90. The van der Waals surface area contributed by atoms with Gasteiger partial charge in [0.25, 0.3) is 5.69 Å². The number of nitro groups is 1. The van der Waals surface area contributed by atoms with Crippen LogP contribution < -0.4 is 10.1 Å². The van der Waals surface area contributed by atoms with Gasteiger partial charge in [0, 0.05) is 11.1 Å². The number of benzene rings is 2. The number of non-ortho nitro benzene ring substituents is 1. The fourth-order valence-electron chi connectivity index (χ4n) is 1.98. The SMILES string of the molecule is COc1cc([N+](=O)[O-])ccc1NC(=O)CS(=O)(=O)c1ccc(Cl)cc1. The van der Waals surface area contributed by atoms with Gasteiger partial charge in [-0.25, -0.2) is 8.42 Å². The topological polar surface area (TPSA) is 116 Å². The second kappa shape index (κ2) is 7.49. The van der Waals surface area contributed by atoms with Gasteiger partial charge in [-0.15, -0.1) is 0 Å². The van der Waals surface area contributed by atoms with Crippen molar-refractivity contribution in [1.29, 1.82) is 0 Å². The van der Waals surface area contributed by atoms with E-state index in [4.69, 9.17) is 16.3 Å². The van der Waals surface area contributed by atoms with Crippen molar-refractivity contribution in [3.8, 4) is 5.75 Å². The summed E-state index contributed by atoms with van der Waals surface area (Å²) in [4.78, 5) is 22.1. The van der Waals surface area contributed by atoms with E-state index in [1.807, 2.05) is 0 Å². The molecule has 1 N–H and O–H groups in total. The van der Waals surface area contributed by atoms with Crippen LogP contribution >= 0.6 is 11.6 Å². The van der Waals surface area contributed by atoms with Crippen molar-refractivity contribution in [3.05, 3.63) is 57.6 Å². The van der Waals surface area contributed by atoms with Gasteiger partial charge in [0.15, 0.2) is 9.84 Å². The summed E-state index contributed by atoms with van der Waals surface area (Å²) in [6.07, 6.45) is 0. The Labute approximate surface area is 148 Å². The number of rotatable bonds is 6. The molecule has 0 aliphatic carbocycles. The lowest BCUT2D eigenvalue weighted by atomic mass is 10.2. The molecule has 0 fully saturated rings. The average Bonchev–Trinajstić information content (AvgIpc) is 2.54. The standard InChI is InChI=1S/C15H13ClN2O6S/c1-24-14-8-11(18(20)21)4-7-13(14)17-15(19)9-25(22,23)12-5-2-10(16)3-6-12/h2-8H,9H2,1H3,(H,17,19). The second-order valence-corrected chi connectivity index (χ2v) is 7.33. The Morgan fingerprint density at radius 2 is 1.88 bits per heavy atom. The van der Waals surface area contributed by atoms with Gasteiger partial charge in [-0.1, -0.05) is 11.6 Å². The molecule has 0 saturated heterocycles. The van der Waals surface area contributed by atoms with E-state index in [9.17, 15) is 23.3 Å². The molecule has 0 bridgehead atoms. The highest BCUT2D eigenvalue weighted by molar-refractivity contribution is 7.92. The fourth-order valence-corrected chi connectivity index (χ4v) is 3.24. The molecule has 0 unspecified atom stereocenters. The Morgan fingerprint density at radius 3 is 2.44 bits per heavy atom. The van der Waals surface area contributed by atoms with Gasteiger partial charge in [0.1, 0.15) is 11.5 Å². The number of carbonyl (C=O) groups excluding carboxylic acids is 1. The first-order valence-electron chi connectivity index (χ1n) is 6.83. The summed E-state index contributed by atoms with van der Waals surface area (Å²) < 4.78 is 29.4. The monoisotopic (exact) mass is 384 g/mol. The van der Waals surface area contributed by atoms with E-state index in [0.29, 0.717) is 5.02 Å². The quantitative estimate of drug-likeness (QED) is 0.604. The van der Waals surface area contributed by atoms with Gasteiger partial charge in [-0.2, -0.15) is 0 Å². The summed E-state index contributed by atoms with van der Waals surface area (Å²) in [6.45, 7) is 0. The molecule has 0 heterocycles. The van der Waals surface area contributed by atoms with Gasteiger partial charge in [-0.3, -0.25) is 14.9 Å². The number of nitro benzene ring substituents is 1. The van der Waals surface area contributed by atoms with Crippen molar-refractivity contribution in [2.24, 2.45) is 0 Å². The molecule has 2 rings (SSSR count). The number of hydrogen-bond acceptors (Lipinski definition) is 6. The zero-order valence-electron chi connectivity index (χ0n) is 12.9. The van der Waals surface area contributed by atoms with Gasteiger partial charge in [-0.05, 0) is 30.3 Å². The molecule has 8 nitrogen and oxygen atoms in total. The van der Waals surface area contributed by atoms with Crippen LogP contribution in [0.5, 0.6) is 5.75 Å². The number of amides is 1. The third kappa shape index (κ3) is 4.68. The number of nitrogens with zero attached hydrogens (tertiary/aromatic N) is 1. The van der Waals surface area contributed by atoms with Crippen molar-refractivity contribution in [3.63, 3.8) is 0 Å². The van der Waals surface area contributed by atoms with Gasteiger partial charge in [0.2, 0.25) is 5.91 Å². The van der Waals surface area contributed by atoms with E-state index >= 15 is 0 Å². The van der Waals surface area contributed by atoms with Crippen molar-refractivity contribution >= 4 is 38.7 Å². The minimum Gasteiger partial charge on any atom is -0.494 e. The van der Waals surface area contributed by atoms with E-state index in [1.165, 1.54) is 43.5 Å². The van der Waals surface area contributed by atoms with Gasteiger partial charge >= 0.3 is 0 Å². The molecule has 132 valence electrons. The maximum atomic E-state index is 12.2.